The summed E-state index contributed by atoms with van der Waals surface area (Å²) >= 11 is 0. The van der Waals surface area contributed by atoms with Crippen LogP contribution >= 0.6 is 0 Å². The maximum absolute atomic E-state index is 13.9. The fourth-order valence-electron chi connectivity index (χ4n) is 2.58. The summed E-state index contributed by atoms with van der Waals surface area (Å²) in [4.78, 5) is 14.9. The molecule has 9 heteroatoms. The molecule has 0 atom stereocenters. The molecule has 0 aliphatic heterocycles. The number of aromatic carboxylic acids is 1. The molecule has 134 valence electrons. The molecular formula is C17H12F2N2O4S. The molecule has 0 unspecified atom stereocenters. The number of rotatable bonds is 4. The van der Waals surface area contributed by atoms with Gasteiger partial charge in [-0.05, 0) is 48.9 Å². The summed E-state index contributed by atoms with van der Waals surface area (Å²) < 4.78 is 55.1. The van der Waals surface area contributed by atoms with Crippen molar-refractivity contribution < 1.29 is 27.1 Å². The number of carbonyl (C=O) groups is 1. The van der Waals surface area contributed by atoms with Crippen molar-refractivity contribution in [3.8, 4) is 0 Å². The predicted octanol–water partition coefficient (Wildman–Crippen LogP) is 3.32. The van der Waals surface area contributed by atoms with Crippen molar-refractivity contribution >= 4 is 32.6 Å². The van der Waals surface area contributed by atoms with E-state index in [0.29, 0.717) is 0 Å². The Kier molecular flexibility index (Phi) is 4.33. The number of carboxylic acids is 1. The molecule has 0 amide bonds. The van der Waals surface area contributed by atoms with E-state index in [1.165, 1.54) is 25.3 Å². The Morgan fingerprint density at radius 2 is 1.92 bits per heavy atom. The topological polar surface area (TPSA) is 96.4 Å². The van der Waals surface area contributed by atoms with Crippen molar-refractivity contribution in [1.82, 2.24) is 4.98 Å². The first-order valence-electron chi connectivity index (χ1n) is 7.30. The van der Waals surface area contributed by atoms with Gasteiger partial charge >= 0.3 is 5.97 Å². The lowest BCUT2D eigenvalue weighted by molar-refractivity contribution is 0.0697. The van der Waals surface area contributed by atoms with Gasteiger partial charge in [0.05, 0.1) is 16.1 Å². The Balaban J connectivity index is 2.18. The highest BCUT2D eigenvalue weighted by Gasteiger charge is 2.24. The van der Waals surface area contributed by atoms with Crippen LogP contribution in [0.5, 0.6) is 0 Å². The van der Waals surface area contributed by atoms with Crippen molar-refractivity contribution in [3.63, 3.8) is 0 Å². The molecule has 26 heavy (non-hydrogen) atoms. The molecule has 0 saturated heterocycles. The number of nitrogens with zero attached hydrogens (tertiary/aromatic N) is 1. The third-order valence-electron chi connectivity index (χ3n) is 3.74. The Hall–Kier alpha value is -3.07. The predicted molar refractivity (Wildman–Crippen MR) is 90.6 cm³/mol. The summed E-state index contributed by atoms with van der Waals surface area (Å²) in [5, 5.41) is 9.27. The van der Waals surface area contributed by atoms with Crippen molar-refractivity contribution in [3.05, 3.63) is 65.4 Å². The van der Waals surface area contributed by atoms with E-state index in [1.807, 2.05) is 0 Å². The minimum absolute atomic E-state index is 0.0386. The lowest BCUT2D eigenvalue weighted by atomic mass is 10.1. The van der Waals surface area contributed by atoms with E-state index in [0.717, 1.165) is 24.3 Å². The first-order valence-corrected chi connectivity index (χ1v) is 8.78. The standard InChI is InChI=1S/C17H12F2N2O4S/c1-9-7-10(18)8-12(17(22)23)15(9)21-26(24,25)14-5-4-13(19)16-11(14)3-2-6-20-16/h2-8,21H,1H3,(H,22,23). The first kappa shape index (κ1) is 17.7. The van der Waals surface area contributed by atoms with Crippen LogP contribution in [-0.2, 0) is 10.0 Å². The number of nitrogens with one attached hydrogen (secondary N) is 1. The quantitative estimate of drug-likeness (QED) is 0.726. The molecule has 0 spiro atoms. The number of anilines is 1. The average molecular weight is 378 g/mol. The number of aryl methyl sites for hydroxylation is 1. The molecule has 1 aromatic heterocycles. The summed E-state index contributed by atoms with van der Waals surface area (Å²) in [6, 6.07) is 6.58. The second-order valence-corrected chi connectivity index (χ2v) is 7.15. The molecule has 6 nitrogen and oxygen atoms in total. The number of hydrogen-bond acceptors (Lipinski definition) is 4. The third-order valence-corrected chi connectivity index (χ3v) is 5.14. The minimum atomic E-state index is -4.29. The highest BCUT2D eigenvalue weighted by molar-refractivity contribution is 7.93. The minimum Gasteiger partial charge on any atom is -0.478 e. The Labute approximate surface area is 147 Å². The molecule has 2 aromatic carbocycles. The SMILES string of the molecule is Cc1cc(F)cc(C(=O)O)c1NS(=O)(=O)c1ccc(F)c2ncccc12. The molecule has 0 saturated carbocycles. The zero-order chi connectivity index (χ0) is 19.1. The van der Waals surface area contributed by atoms with Crippen molar-refractivity contribution in [2.45, 2.75) is 11.8 Å². The van der Waals surface area contributed by atoms with Gasteiger partial charge in [-0.15, -0.1) is 0 Å². The Morgan fingerprint density at radius 3 is 2.62 bits per heavy atom. The van der Waals surface area contributed by atoms with Gasteiger partial charge in [0.25, 0.3) is 10.0 Å². The Bertz CT molecular complexity index is 1150. The lowest BCUT2D eigenvalue weighted by Crippen LogP contribution is -2.17. The van der Waals surface area contributed by atoms with Crippen LogP contribution in [0.15, 0.2) is 47.5 Å². The molecule has 3 aromatic rings. The lowest BCUT2D eigenvalue weighted by Gasteiger charge is -2.15. The number of benzene rings is 2. The molecule has 3 rings (SSSR count). The first-order chi connectivity index (χ1) is 12.2. The number of carboxylic acid groups (broad SMARTS) is 1. The molecule has 2 N–H and O–H groups in total. The van der Waals surface area contributed by atoms with Crippen molar-refractivity contribution in [2.75, 3.05) is 4.72 Å². The van der Waals surface area contributed by atoms with E-state index < -0.39 is 33.2 Å². The highest BCUT2D eigenvalue weighted by Crippen LogP contribution is 2.29. The van der Waals surface area contributed by atoms with Gasteiger partial charge in [0.2, 0.25) is 0 Å². The van der Waals surface area contributed by atoms with Gasteiger partial charge in [-0.25, -0.2) is 22.0 Å². The van der Waals surface area contributed by atoms with Crippen LogP contribution in [0.3, 0.4) is 0 Å². The van der Waals surface area contributed by atoms with Crippen molar-refractivity contribution in [1.29, 1.82) is 0 Å². The normalized spacial score (nSPS) is 11.5. The van der Waals surface area contributed by atoms with Gasteiger partial charge in [0.1, 0.15) is 17.2 Å². The van der Waals surface area contributed by atoms with Crippen LogP contribution in [0.4, 0.5) is 14.5 Å². The molecule has 0 aliphatic carbocycles. The number of fused-ring (bicyclic) bond motifs is 1. The monoisotopic (exact) mass is 378 g/mol. The highest BCUT2D eigenvalue weighted by atomic mass is 32.2. The fourth-order valence-corrected chi connectivity index (χ4v) is 3.93. The van der Waals surface area contributed by atoms with Crippen molar-refractivity contribution in [2.24, 2.45) is 0 Å². The second-order valence-electron chi connectivity index (χ2n) is 5.50. The van der Waals surface area contributed by atoms with Crippen LogP contribution < -0.4 is 4.72 Å². The van der Waals surface area contributed by atoms with Crippen LogP contribution in [-0.4, -0.2) is 24.5 Å². The van der Waals surface area contributed by atoms with Crippen LogP contribution in [0.1, 0.15) is 15.9 Å². The van der Waals surface area contributed by atoms with Gasteiger partial charge in [-0.1, -0.05) is 0 Å². The zero-order valence-electron chi connectivity index (χ0n) is 13.3. The number of pyridine rings is 1. The van der Waals surface area contributed by atoms with Gasteiger partial charge in [-0.3, -0.25) is 9.71 Å². The molecule has 0 bridgehead atoms. The van der Waals surface area contributed by atoms with E-state index in [1.54, 1.807) is 0 Å². The zero-order valence-corrected chi connectivity index (χ0v) is 14.1. The van der Waals surface area contributed by atoms with Crippen LogP contribution in [0.2, 0.25) is 0 Å². The van der Waals surface area contributed by atoms with Gasteiger partial charge in [0, 0.05) is 11.6 Å². The summed E-state index contributed by atoms with van der Waals surface area (Å²) in [6.07, 6.45) is 1.32. The van der Waals surface area contributed by atoms with E-state index in [2.05, 4.69) is 9.71 Å². The number of halogens is 2. The van der Waals surface area contributed by atoms with Gasteiger partial charge in [-0.2, -0.15) is 0 Å². The van der Waals surface area contributed by atoms with E-state index in [4.69, 9.17) is 0 Å². The third kappa shape index (κ3) is 3.08. The maximum Gasteiger partial charge on any atom is 0.337 e. The summed E-state index contributed by atoms with van der Waals surface area (Å²) in [5.74, 6) is -2.99. The number of aromatic nitrogens is 1. The Morgan fingerprint density at radius 1 is 1.19 bits per heavy atom. The smallest absolute Gasteiger partial charge is 0.337 e. The van der Waals surface area contributed by atoms with E-state index >= 15 is 0 Å². The average Bonchev–Trinajstić information content (AvgIpc) is 2.57. The van der Waals surface area contributed by atoms with E-state index in [-0.39, 0.29) is 27.0 Å². The number of sulfonamides is 1. The second kappa shape index (κ2) is 6.34. The fraction of sp³-hybridized carbons (Fsp3) is 0.0588. The van der Waals surface area contributed by atoms with Crippen LogP contribution in [0, 0.1) is 18.6 Å². The molecular weight excluding hydrogens is 366 g/mol. The van der Waals surface area contributed by atoms with Gasteiger partial charge in [0.15, 0.2) is 0 Å². The number of hydrogen-bond donors (Lipinski definition) is 2. The molecule has 0 aliphatic rings. The summed E-state index contributed by atoms with van der Waals surface area (Å²) in [6.45, 7) is 1.37. The van der Waals surface area contributed by atoms with Crippen LogP contribution in [0.25, 0.3) is 10.9 Å². The largest absolute Gasteiger partial charge is 0.478 e. The molecule has 0 radical (unpaired) electrons. The van der Waals surface area contributed by atoms with Gasteiger partial charge < -0.3 is 5.11 Å². The molecule has 1 heterocycles. The molecule has 0 fully saturated rings. The maximum atomic E-state index is 13.9. The summed E-state index contributed by atoms with van der Waals surface area (Å²) in [7, 11) is -4.29. The van der Waals surface area contributed by atoms with E-state index in [9.17, 15) is 27.1 Å². The summed E-state index contributed by atoms with van der Waals surface area (Å²) in [5.41, 5.74) is -0.837.